The van der Waals surface area contributed by atoms with E-state index in [-0.39, 0.29) is 0 Å². The number of nitrogens with one attached hydrogen (secondary N) is 1. The lowest BCUT2D eigenvalue weighted by molar-refractivity contribution is -0.0182. The quantitative estimate of drug-likeness (QED) is 0.809. The fourth-order valence-electron chi connectivity index (χ4n) is 5.36. The predicted molar refractivity (Wildman–Crippen MR) is 74.7 cm³/mol. The summed E-state index contributed by atoms with van der Waals surface area (Å²) in [5, 5.41) is 3.95. The van der Waals surface area contributed by atoms with Crippen LogP contribution < -0.4 is 5.32 Å². The second-order valence-electron chi connectivity index (χ2n) is 7.38. The second kappa shape index (κ2) is 3.93. The number of hydrogen-bond acceptors (Lipinski definition) is 2. The Morgan fingerprint density at radius 1 is 1.17 bits per heavy atom. The summed E-state index contributed by atoms with van der Waals surface area (Å²) in [7, 11) is 0. The van der Waals surface area contributed by atoms with Gasteiger partial charge in [-0.15, -0.1) is 0 Å². The Balaban J connectivity index is 1.42. The molecule has 0 amide bonds. The van der Waals surface area contributed by atoms with E-state index in [0.29, 0.717) is 5.54 Å². The third kappa shape index (κ3) is 1.85. The van der Waals surface area contributed by atoms with Crippen LogP contribution in [0.3, 0.4) is 0 Å². The molecule has 0 radical (unpaired) electrons. The minimum absolute atomic E-state index is 0.506. The van der Waals surface area contributed by atoms with Crippen LogP contribution in [0.4, 0.5) is 0 Å². The molecule has 1 N–H and O–H groups in total. The average molecular weight is 244 g/mol. The van der Waals surface area contributed by atoms with Gasteiger partial charge >= 0.3 is 0 Å². The lowest BCUT2D eigenvalue weighted by atomic mass is 9.53. The Hall–Kier alpha value is -0.630. The lowest BCUT2D eigenvalue weighted by Crippen LogP contribution is -2.58. The molecule has 1 aliphatic heterocycles. The van der Waals surface area contributed by atoms with E-state index in [0.717, 1.165) is 30.7 Å². The zero-order valence-electron chi connectivity index (χ0n) is 11.4. The van der Waals surface area contributed by atoms with Crippen molar-refractivity contribution in [2.24, 2.45) is 22.7 Å². The molecule has 18 heavy (non-hydrogen) atoms. The van der Waals surface area contributed by atoms with Crippen molar-refractivity contribution in [2.75, 3.05) is 6.54 Å². The molecule has 0 saturated heterocycles. The minimum atomic E-state index is 0.506. The standard InChI is InChI=1S/C16H24N2/c1-11-2-15(9-17-11)10-18-16-6-12-3-13(7-16)5-14(4-12)8-16/h9,12-14,18H,2-8,10H2,1H3. The van der Waals surface area contributed by atoms with E-state index >= 15 is 0 Å². The molecule has 0 spiro atoms. The summed E-state index contributed by atoms with van der Waals surface area (Å²) in [6.45, 7) is 3.21. The van der Waals surface area contributed by atoms with E-state index in [1.54, 1.807) is 0 Å². The van der Waals surface area contributed by atoms with Crippen molar-refractivity contribution in [3.8, 4) is 0 Å². The van der Waals surface area contributed by atoms with Gasteiger partial charge in [-0.05, 0) is 68.8 Å². The fourth-order valence-corrected chi connectivity index (χ4v) is 5.36. The maximum Gasteiger partial charge on any atom is 0.0275 e. The second-order valence-corrected chi connectivity index (χ2v) is 7.38. The van der Waals surface area contributed by atoms with Gasteiger partial charge in [-0.3, -0.25) is 4.99 Å². The largest absolute Gasteiger partial charge is 0.307 e. The van der Waals surface area contributed by atoms with Crippen molar-refractivity contribution in [3.05, 3.63) is 11.8 Å². The molecule has 1 heterocycles. The Morgan fingerprint density at radius 3 is 2.28 bits per heavy atom. The van der Waals surface area contributed by atoms with Gasteiger partial charge in [-0.1, -0.05) is 0 Å². The molecule has 5 rings (SSSR count). The van der Waals surface area contributed by atoms with Crippen LogP contribution in [0.2, 0.25) is 0 Å². The molecule has 4 saturated carbocycles. The number of nitrogens with zero attached hydrogens (tertiary/aromatic N) is 1. The highest BCUT2D eigenvalue weighted by atomic mass is 15.0. The van der Waals surface area contributed by atoms with Crippen molar-refractivity contribution in [2.45, 2.75) is 57.4 Å². The highest BCUT2D eigenvalue weighted by Crippen LogP contribution is 2.55. The Labute approximate surface area is 110 Å². The fraction of sp³-hybridized carbons (Fsp3) is 0.812. The van der Waals surface area contributed by atoms with E-state index in [2.05, 4.69) is 23.4 Å². The molecule has 2 heteroatoms. The van der Waals surface area contributed by atoms with E-state index in [1.165, 1.54) is 49.8 Å². The van der Waals surface area contributed by atoms with Crippen LogP contribution in [0.25, 0.3) is 0 Å². The van der Waals surface area contributed by atoms with Crippen LogP contribution in [0.5, 0.6) is 0 Å². The molecule has 2 nitrogen and oxygen atoms in total. The molecule has 98 valence electrons. The van der Waals surface area contributed by atoms with Gasteiger partial charge in [0.25, 0.3) is 0 Å². The van der Waals surface area contributed by atoms with Crippen LogP contribution in [-0.2, 0) is 0 Å². The molecule has 0 aromatic heterocycles. The number of rotatable bonds is 3. The molecular weight excluding hydrogens is 220 g/mol. The third-order valence-electron chi connectivity index (χ3n) is 5.68. The van der Waals surface area contributed by atoms with Crippen molar-refractivity contribution >= 4 is 5.71 Å². The molecule has 4 aliphatic carbocycles. The summed E-state index contributed by atoms with van der Waals surface area (Å²) in [6, 6.07) is 0. The van der Waals surface area contributed by atoms with E-state index < -0.39 is 0 Å². The van der Waals surface area contributed by atoms with Crippen LogP contribution >= 0.6 is 0 Å². The third-order valence-corrected chi connectivity index (χ3v) is 5.68. The summed E-state index contributed by atoms with van der Waals surface area (Å²) in [4.78, 5) is 4.40. The van der Waals surface area contributed by atoms with E-state index in [4.69, 9.17) is 0 Å². The summed E-state index contributed by atoms with van der Waals surface area (Å²) >= 11 is 0. The summed E-state index contributed by atoms with van der Waals surface area (Å²) in [5.74, 6) is 3.12. The molecular formula is C16H24N2. The highest BCUT2D eigenvalue weighted by molar-refractivity contribution is 5.86. The Bertz CT molecular complexity index is 384. The van der Waals surface area contributed by atoms with E-state index in [9.17, 15) is 0 Å². The first-order valence-corrected chi connectivity index (χ1v) is 7.67. The van der Waals surface area contributed by atoms with Gasteiger partial charge in [0.05, 0.1) is 0 Å². The van der Waals surface area contributed by atoms with Crippen molar-refractivity contribution in [1.82, 2.24) is 5.32 Å². The molecule has 4 fully saturated rings. The lowest BCUT2D eigenvalue weighted by Gasteiger charge is -2.57. The monoisotopic (exact) mass is 244 g/mol. The van der Waals surface area contributed by atoms with Crippen molar-refractivity contribution in [3.63, 3.8) is 0 Å². The summed E-state index contributed by atoms with van der Waals surface area (Å²) in [5.41, 5.74) is 3.27. The van der Waals surface area contributed by atoms with Gasteiger partial charge in [-0.25, -0.2) is 0 Å². The molecule has 5 aliphatic rings. The van der Waals surface area contributed by atoms with Gasteiger partial charge in [0.1, 0.15) is 0 Å². The van der Waals surface area contributed by atoms with Crippen LogP contribution in [-0.4, -0.2) is 17.8 Å². The highest BCUT2D eigenvalue weighted by Gasteiger charge is 2.50. The van der Waals surface area contributed by atoms with Gasteiger partial charge in [0.2, 0.25) is 0 Å². The first-order valence-electron chi connectivity index (χ1n) is 7.67. The number of hydrogen-bond donors (Lipinski definition) is 1. The zero-order valence-corrected chi connectivity index (χ0v) is 11.4. The Morgan fingerprint density at radius 2 is 1.78 bits per heavy atom. The van der Waals surface area contributed by atoms with Crippen molar-refractivity contribution < 1.29 is 0 Å². The minimum Gasteiger partial charge on any atom is -0.307 e. The molecule has 0 unspecified atom stereocenters. The maximum absolute atomic E-state index is 4.40. The predicted octanol–water partition coefficient (Wildman–Crippen LogP) is 3.29. The maximum atomic E-state index is 4.40. The first-order chi connectivity index (χ1) is 8.71. The molecule has 0 atom stereocenters. The average Bonchev–Trinajstić information content (AvgIpc) is 2.71. The SMILES string of the molecule is CC1=NC=C(CNC23CC4CC(CC(C4)C2)C3)C1. The first kappa shape index (κ1) is 11.2. The van der Waals surface area contributed by atoms with Gasteiger partial charge < -0.3 is 5.32 Å². The topological polar surface area (TPSA) is 24.4 Å². The smallest absolute Gasteiger partial charge is 0.0275 e. The van der Waals surface area contributed by atoms with E-state index in [1.807, 2.05) is 0 Å². The molecule has 0 aromatic rings. The zero-order chi connectivity index (χ0) is 12.2. The number of aliphatic imine (C=N–C) groups is 1. The van der Waals surface area contributed by atoms with Gasteiger partial charge in [0.15, 0.2) is 0 Å². The Kier molecular flexibility index (Phi) is 2.45. The normalized spacial score (nSPS) is 45.3. The van der Waals surface area contributed by atoms with Crippen LogP contribution in [0.15, 0.2) is 16.8 Å². The molecule has 0 aromatic carbocycles. The summed E-state index contributed by atoms with van der Waals surface area (Å²) in [6.07, 6.45) is 12.1. The van der Waals surface area contributed by atoms with Crippen molar-refractivity contribution in [1.29, 1.82) is 0 Å². The summed E-state index contributed by atoms with van der Waals surface area (Å²) < 4.78 is 0. The van der Waals surface area contributed by atoms with Crippen LogP contribution in [0.1, 0.15) is 51.9 Å². The van der Waals surface area contributed by atoms with Crippen LogP contribution in [0, 0.1) is 17.8 Å². The van der Waals surface area contributed by atoms with Gasteiger partial charge in [-0.2, -0.15) is 0 Å². The molecule has 4 bridgehead atoms. The van der Waals surface area contributed by atoms with Gasteiger partial charge in [0, 0.05) is 30.4 Å².